The summed E-state index contributed by atoms with van der Waals surface area (Å²) >= 11 is 7.59. The van der Waals surface area contributed by atoms with Gasteiger partial charge >= 0.3 is 0 Å². The summed E-state index contributed by atoms with van der Waals surface area (Å²) < 4.78 is 0. The minimum Gasteiger partial charge on any atom is -0.310 e. The van der Waals surface area contributed by atoms with E-state index in [-0.39, 0.29) is 11.0 Å². The Morgan fingerprint density at radius 2 is 1.96 bits per heavy atom. The van der Waals surface area contributed by atoms with Gasteiger partial charge in [-0.3, -0.25) is 9.69 Å². The third-order valence-corrected chi connectivity index (χ3v) is 6.08. The molecule has 28 heavy (non-hydrogen) atoms. The Morgan fingerprint density at radius 1 is 1.21 bits per heavy atom. The average Bonchev–Trinajstić information content (AvgIpc) is 3.10. The fourth-order valence-corrected chi connectivity index (χ4v) is 4.25. The molecular formula is C21H23ClN4OS. The Labute approximate surface area is 173 Å². The second-order valence-electron chi connectivity index (χ2n) is 8.20. The molecule has 1 aliphatic rings. The topological polar surface area (TPSA) is 61.9 Å². The van der Waals surface area contributed by atoms with E-state index in [1.807, 2.05) is 24.3 Å². The molecule has 1 aromatic carbocycles. The summed E-state index contributed by atoms with van der Waals surface area (Å²) in [5.74, 6) is 0.761. The molecule has 1 N–H and O–H groups in total. The zero-order chi connectivity index (χ0) is 19.9. The second kappa shape index (κ2) is 7.43. The SMILES string of the molecule is CC(C)(C)c1nc2c(c(=O)[nH]1)CN(Cc1csc(-c3ccc(Cl)cc3)n1)CC2. The summed E-state index contributed by atoms with van der Waals surface area (Å²) in [4.78, 5) is 27.3. The summed E-state index contributed by atoms with van der Waals surface area (Å²) in [6.07, 6.45) is 0.788. The number of H-pyrrole nitrogens is 1. The minimum atomic E-state index is -0.163. The number of hydrogen-bond donors (Lipinski definition) is 1. The number of nitrogens with one attached hydrogen (secondary N) is 1. The van der Waals surface area contributed by atoms with Crippen molar-refractivity contribution >= 4 is 22.9 Å². The standard InChI is InChI=1S/C21H23ClN4OS/c1-21(2,3)20-24-17-8-9-26(11-16(17)18(27)25-20)10-15-12-28-19(23-15)13-4-6-14(22)7-5-13/h4-7,12H,8-11H2,1-3H3,(H,24,25,27). The van der Waals surface area contributed by atoms with Crippen molar-refractivity contribution < 1.29 is 0 Å². The number of thiazole rings is 1. The van der Waals surface area contributed by atoms with Crippen molar-refractivity contribution in [2.45, 2.75) is 45.7 Å². The first-order valence-corrected chi connectivity index (χ1v) is 10.6. The molecule has 7 heteroatoms. The van der Waals surface area contributed by atoms with Gasteiger partial charge in [0.2, 0.25) is 0 Å². The van der Waals surface area contributed by atoms with Gasteiger partial charge < -0.3 is 4.98 Å². The van der Waals surface area contributed by atoms with Crippen molar-refractivity contribution in [3.05, 3.63) is 67.8 Å². The fourth-order valence-electron chi connectivity index (χ4n) is 3.30. The zero-order valence-electron chi connectivity index (χ0n) is 16.3. The molecule has 0 bridgehead atoms. The van der Waals surface area contributed by atoms with Gasteiger partial charge in [-0.2, -0.15) is 0 Å². The summed E-state index contributed by atoms with van der Waals surface area (Å²) in [7, 11) is 0. The zero-order valence-corrected chi connectivity index (χ0v) is 17.8. The lowest BCUT2D eigenvalue weighted by molar-refractivity contribution is 0.238. The Morgan fingerprint density at radius 3 is 2.68 bits per heavy atom. The van der Waals surface area contributed by atoms with Crippen molar-refractivity contribution in [3.8, 4) is 10.6 Å². The van der Waals surface area contributed by atoms with Crippen LogP contribution < -0.4 is 5.56 Å². The molecule has 0 amide bonds. The van der Waals surface area contributed by atoms with Gasteiger partial charge in [0.25, 0.3) is 5.56 Å². The quantitative estimate of drug-likeness (QED) is 0.689. The van der Waals surface area contributed by atoms with E-state index in [0.29, 0.717) is 6.54 Å². The van der Waals surface area contributed by atoms with Crippen LogP contribution in [-0.4, -0.2) is 26.4 Å². The molecule has 0 atom stereocenters. The fraction of sp³-hybridized carbons (Fsp3) is 0.381. The number of rotatable bonds is 3. The highest BCUT2D eigenvalue weighted by Gasteiger charge is 2.25. The van der Waals surface area contributed by atoms with Crippen molar-refractivity contribution in [3.63, 3.8) is 0 Å². The van der Waals surface area contributed by atoms with E-state index in [1.54, 1.807) is 11.3 Å². The predicted molar refractivity (Wildman–Crippen MR) is 114 cm³/mol. The highest BCUT2D eigenvalue weighted by Crippen LogP contribution is 2.26. The maximum absolute atomic E-state index is 12.6. The molecule has 0 spiro atoms. The molecule has 5 nitrogen and oxygen atoms in total. The van der Waals surface area contributed by atoms with Gasteiger partial charge in [0, 0.05) is 47.4 Å². The Balaban J connectivity index is 1.50. The molecule has 2 aromatic heterocycles. The van der Waals surface area contributed by atoms with E-state index >= 15 is 0 Å². The van der Waals surface area contributed by atoms with E-state index in [9.17, 15) is 4.79 Å². The van der Waals surface area contributed by atoms with Crippen LogP contribution in [0.2, 0.25) is 5.02 Å². The lowest BCUT2D eigenvalue weighted by Crippen LogP contribution is -2.37. The van der Waals surface area contributed by atoms with Crippen LogP contribution in [0.4, 0.5) is 0 Å². The largest absolute Gasteiger partial charge is 0.310 e. The molecule has 4 rings (SSSR count). The molecule has 1 aliphatic heterocycles. The third-order valence-electron chi connectivity index (χ3n) is 4.89. The Bertz CT molecular complexity index is 1050. The van der Waals surface area contributed by atoms with Crippen LogP contribution in [0.25, 0.3) is 10.6 Å². The van der Waals surface area contributed by atoms with Crippen LogP contribution in [0.1, 0.15) is 43.5 Å². The molecular weight excluding hydrogens is 392 g/mol. The molecule has 0 radical (unpaired) electrons. The molecule has 146 valence electrons. The van der Waals surface area contributed by atoms with Crippen LogP contribution in [0.15, 0.2) is 34.4 Å². The summed E-state index contributed by atoms with van der Waals surface area (Å²) in [6.45, 7) is 8.40. The van der Waals surface area contributed by atoms with Crippen LogP contribution in [0.5, 0.6) is 0 Å². The smallest absolute Gasteiger partial charge is 0.255 e. The Kier molecular flexibility index (Phi) is 5.12. The van der Waals surface area contributed by atoms with Crippen LogP contribution >= 0.6 is 22.9 Å². The highest BCUT2D eigenvalue weighted by molar-refractivity contribution is 7.13. The van der Waals surface area contributed by atoms with Gasteiger partial charge in [-0.15, -0.1) is 11.3 Å². The number of fused-ring (bicyclic) bond motifs is 1. The molecule has 3 aromatic rings. The van der Waals surface area contributed by atoms with E-state index in [4.69, 9.17) is 21.6 Å². The Hall–Kier alpha value is -2.02. The predicted octanol–water partition coefficient (Wildman–Crippen LogP) is 4.40. The van der Waals surface area contributed by atoms with E-state index < -0.39 is 0 Å². The maximum Gasteiger partial charge on any atom is 0.255 e. The number of aromatic nitrogens is 3. The summed E-state index contributed by atoms with van der Waals surface area (Å²) in [6, 6.07) is 7.73. The third kappa shape index (κ3) is 4.04. The van der Waals surface area contributed by atoms with E-state index in [1.165, 1.54) is 0 Å². The lowest BCUT2D eigenvalue weighted by Gasteiger charge is -2.28. The maximum atomic E-state index is 12.6. The highest BCUT2D eigenvalue weighted by atomic mass is 35.5. The summed E-state index contributed by atoms with van der Waals surface area (Å²) in [5.41, 5.74) is 3.63. The molecule has 0 saturated carbocycles. The number of halogens is 1. The molecule has 3 heterocycles. The van der Waals surface area contributed by atoms with Crippen LogP contribution in [0, 0.1) is 0 Å². The first kappa shape index (κ1) is 19.3. The van der Waals surface area contributed by atoms with Gasteiger partial charge in [-0.05, 0) is 12.1 Å². The van der Waals surface area contributed by atoms with Crippen molar-refractivity contribution in [1.29, 1.82) is 0 Å². The molecule has 0 saturated heterocycles. The monoisotopic (exact) mass is 414 g/mol. The van der Waals surface area contributed by atoms with Crippen LogP contribution in [0.3, 0.4) is 0 Å². The van der Waals surface area contributed by atoms with Gasteiger partial charge in [0.1, 0.15) is 10.8 Å². The van der Waals surface area contributed by atoms with Gasteiger partial charge in [0.05, 0.1) is 17.0 Å². The lowest BCUT2D eigenvalue weighted by atomic mass is 9.95. The number of aromatic amines is 1. The van der Waals surface area contributed by atoms with Crippen molar-refractivity contribution in [2.24, 2.45) is 0 Å². The second-order valence-corrected chi connectivity index (χ2v) is 9.50. The van der Waals surface area contributed by atoms with Gasteiger partial charge in [-0.1, -0.05) is 44.5 Å². The number of hydrogen-bond acceptors (Lipinski definition) is 5. The van der Waals surface area contributed by atoms with Crippen molar-refractivity contribution in [1.82, 2.24) is 19.9 Å². The van der Waals surface area contributed by atoms with E-state index in [0.717, 1.165) is 57.9 Å². The van der Waals surface area contributed by atoms with Gasteiger partial charge in [0.15, 0.2) is 0 Å². The first-order valence-electron chi connectivity index (χ1n) is 9.35. The summed E-state index contributed by atoms with van der Waals surface area (Å²) in [5, 5.41) is 3.80. The van der Waals surface area contributed by atoms with Crippen LogP contribution in [-0.2, 0) is 24.9 Å². The number of nitrogens with zero attached hydrogens (tertiary/aromatic N) is 3. The van der Waals surface area contributed by atoms with E-state index in [2.05, 4.69) is 36.0 Å². The minimum absolute atomic E-state index is 0.0141. The number of benzene rings is 1. The van der Waals surface area contributed by atoms with Crippen molar-refractivity contribution in [2.75, 3.05) is 6.54 Å². The van der Waals surface area contributed by atoms with Gasteiger partial charge in [-0.25, -0.2) is 9.97 Å². The average molecular weight is 415 g/mol. The molecule has 0 aliphatic carbocycles. The molecule has 0 unspecified atom stereocenters. The molecule has 0 fully saturated rings. The first-order chi connectivity index (χ1) is 13.3. The normalized spacial score (nSPS) is 14.9.